The fourth-order valence-corrected chi connectivity index (χ4v) is 2.99. The van der Waals surface area contributed by atoms with Crippen molar-refractivity contribution in [2.45, 2.75) is 25.9 Å². The van der Waals surface area contributed by atoms with Crippen molar-refractivity contribution in [3.63, 3.8) is 0 Å². The van der Waals surface area contributed by atoms with Crippen LogP contribution in [0.5, 0.6) is 0 Å². The first-order valence-electron chi connectivity index (χ1n) is 8.14. The van der Waals surface area contributed by atoms with Crippen molar-refractivity contribution in [2.75, 3.05) is 13.1 Å². The average molecular weight is 383 g/mol. The molecule has 2 heterocycles. The Hall–Kier alpha value is -2.91. The number of piperidine rings is 1. The molecule has 1 saturated heterocycles. The average Bonchev–Trinajstić information content (AvgIpc) is 3.12. The molecule has 2 aromatic rings. The SMILES string of the molecule is CC1(C(=O)O)CCCN(C(=O)c2ccc(-c3noc(C(F)(F)F)n3)cc2)C1. The number of aliphatic carboxylic acids is 1. The Morgan fingerprint density at radius 3 is 2.48 bits per heavy atom. The molecule has 27 heavy (non-hydrogen) atoms. The number of carboxylic acids is 1. The maximum absolute atomic E-state index is 12.6. The standard InChI is InChI=1S/C17H16F3N3O4/c1-16(15(25)26)7-2-8-23(9-16)13(24)11-5-3-10(4-6-11)12-21-14(27-22-12)17(18,19)20/h3-6H,2,7-9H2,1H3,(H,25,26). The van der Waals surface area contributed by atoms with Crippen LogP contribution in [-0.4, -0.2) is 45.1 Å². The summed E-state index contributed by atoms with van der Waals surface area (Å²) in [7, 11) is 0. The predicted molar refractivity (Wildman–Crippen MR) is 85.6 cm³/mol. The van der Waals surface area contributed by atoms with Crippen molar-refractivity contribution in [1.82, 2.24) is 15.0 Å². The van der Waals surface area contributed by atoms with E-state index in [4.69, 9.17) is 0 Å². The number of hydrogen-bond acceptors (Lipinski definition) is 5. The lowest BCUT2D eigenvalue weighted by Crippen LogP contribution is -2.48. The van der Waals surface area contributed by atoms with Crippen LogP contribution in [0.3, 0.4) is 0 Å². The molecule has 3 rings (SSSR count). The molecule has 7 nitrogen and oxygen atoms in total. The summed E-state index contributed by atoms with van der Waals surface area (Å²) in [5.74, 6) is -2.97. The summed E-state index contributed by atoms with van der Waals surface area (Å²) in [6, 6.07) is 5.71. The summed E-state index contributed by atoms with van der Waals surface area (Å²) in [5, 5.41) is 12.6. The number of carboxylic acid groups (broad SMARTS) is 1. The van der Waals surface area contributed by atoms with Crippen LogP contribution in [0.2, 0.25) is 0 Å². The molecule has 10 heteroatoms. The third-order valence-electron chi connectivity index (χ3n) is 4.56. The molecule has 0 bridgehead atoms. The molecular formula is C17H16F3N3O4. The van der Waals surface area contributed by atoms with Gasteiger partial charge in [0.05, 0.1) is 5.41 Å². The molecule has 0 aliphatic carbocycles. The van der Waals surface area contributed by atoms with Crippen LogP contribution in [0.15, 0.2) is 28.8 Å². The highest BCUT2D eigenvalue weighted by molar-refractivity contribution is 5.95. The number of likely N-dealkylation sites (tertiary alicyclic amines) is 1. The number of benzene rings is 1. The lowest BCUT2D eigenvalue weighted by atomic mass is 9.82. The molecule has 1 N–H and O–H groups in total. The van der Waals surface area contributed by atoms with Gasteiger partial charge in [0.2, 0.25) is 5.82 Å². The van der Waals surface area contributed by atoms with E-state index in [0.717, 1.165) is 0 Å². The van der Waals surface area contributed by atoms with E-state index in [0.29, 0.717) is 24.9 Å². The van der Waals surface area contributed by atoms with Gasteiger partial charge in [-0.15, -0.1) is 0 Å². The van der Waals surface area contributed by atoms with E-state index in [1.807, 2.05) is 0 Å². The largest absolute Gasteiger partial charge is 0.481 e. The van der Waals surface area contributed by atoms with Crippen LogP contribution < -0.4 is 0 Å². The number of amides is 1. The van der Waals surface area contributed by atoms with E-state index in [9.17, 15) is 27.9 Å². The molecule has 0 spiro atoms. The number of alkyl halides is 3. The highest BCUT2D eigenvalue weighted by atomic mass is 19.4. The Bertz CT molecular complexity index is 863. The Kier molecular flexibility index (Phi) is 4.66. The quantitative estimate of drug-likeness (QED) is 0.875. The lowest BCUT2D eigenvalue weighted by molar-refractivity contribution is -0.159. The second kappa shape index (κ2) is 6.67. The van der Waals surface area contributed by atoms with E-state index < -0.39 is 23.5 Å². The van der Waals surface area contributed by atoms with Gasteiger partial charge in [-0.1, -0.05) is 17.3 Å². The molecule has 1 fully saturated rings. The molecule has 1 aromatic carbocycles. The smallest absolute Gasteiger partial charge is 0.471 e. The fourth-order valence-electron chi connectivity index (χ4n) is 2.99. The minimum Gasteiger partial charge on any atom is -0.481 e. The van der Waals surface area contributed by atoms with Crippen LogP contribution in [0, 0.1) is 5.41 Å². The van der Waals surface area contributed by atoms with Crippen molar-refractivity contribution < 1.29 is 32.4 Å². The van der Waals surface area contributed by atoms with Gasteiger partial charge in [-0.3, -0.25) is 9.59 Å². The summed E-state index contributed by atoms with van der Waals surface area (Å²) < 4.78 is 41.8. The van der Waals surface area contributed by atoms with Crippen molar-refractivity contribution >= 4 is 11.9 Å². The third-order valence-corrected chi connectivity index (χ3v) is 4.56. The molecule has 1 unspecified atom stereocenters. The van der Waals surface area contributed by atoms with Gasteiger partial charge < -0.3 is 14.5 Å². The van der Waals surface area contributed by atoms with E-state index in [2.05, 4.69) is 14.7 Å². The summed E-state index contributed by atoms with van der Waals surface area (Å²) in [4.78, 5) is 28.8. The zero-order valence-corrected chi connectivity index (χ0v) is 14.3. The zero-order valence-electron chi connectivity index (χ0n) is 14.3. The number of rotatable bonds is 3. The molecule has 144 valence electrons. The Morgan fingerprint density at radius 2 is 1.93 bits per heavy atom. The topological polar surface area (TPSA) is 96.5 Å². The Balaban J connectivity index is 1.76. The van der Waals surface area contributed by atoms with Crippen LogP contribution in [0.4, 0.5) is 13.2 Å². The second-order valence-electron chi connectivity index (χ2n) is 6.69. The van der Waals surface area contributed by atoms with Crippen molar-refractivity contribution in [2.24, 2.45) is 5.41 Å². The highest BCUT2D eigenvalue weighted by Gasteiger charge is 2.40. The molecule has 1 aliphatic rings. The summed E-state index contributed by atoms with van der Waals surface area (Å²) in [6.07, 6.45) is -3.66. The van der Waals surface area contributed by atoms with Crippen LogP contribution in [-0.2, 0) is 11.0 Å². The van der Waals surface area contributed by atoms with Crippen LogP contribution in [0.1, 0.15) is 36.0 Å². The molecule has 1 aliphatic heterocycles. The van der Waals surface area contributed by atoms with Gasteiger partial charge in [0, 0.05) is 24.2 Å². The van der Waals surface area contributed by atoms with Gasteiger partial charge in [-0.2, -0.15) is 18.2 Å². The fraction of sp³-hybridized carbons (Fsp3) is 0.412. The number of carbonyl (C=O) groups excluding carboxylic acids is 1. The third kappa shape index (κ3) is 3.79. The maximum atomic E-state index is 12.6. The van der Waals surface area contributed by atoms with Gasteiger partial charge in [0.25, 0.3) is 5.91 Å². The lowest BCUT2D eigenvalue weighted by Gasteiger charge is -2.37. The Morgan fingerprint density at radius 1 is 1.26 bits per heavy atom. The Labute approximate surface area is 151 Å². The van der Waals surface area contributed by atoms with Gasteiger partial charge in [0.15, 0.2) is 0 Å². The van der Waals surface area contributed by atoms with Crippen LogP contribution in [0.25, 0.3) is 11.4 Å². The van der Waals surface area contributed by atoms with Gasteiger partial charge in [-0.05, 0) is 31.9 Å². The normalized spacial score (nSPS) is 20.5. The van der Waals surface area contributed by atoms with Crippen molar-refractivity contribution in [1.29, 1.82) is 0 Å². The van der Waals surface area contributed by atoms with E-state index in [1.165, 1.54) is 29.2 Å². The number of halogens is 3. The van der Waals surface area contributed by atoms with Gasteiger partial charge in [0.1, 0.15) is 0 Å². The first-order valence-corrected chi connectivity index (χ1v) is 8.14. The van der Waals surface area contributed by atoms with E-state index in [-0.39, 0.29) is 23.8 Å². The summed E-state index contributed by atoms with van der Waals surface area (Å²) in [5.41, 5.74) is -0.431. The number of hydrogen-bond donors (Lipinski definition) is 1. The molecule has 0 radical (unpaired) electrons. The number of nitrogens with zero attached hydrogens (tertiary/aromatic N) is 3. The minimum atomic E-state index is -4.73. The summed E-state index contributed by atoms with van der Waals surface area (Å²) in [6.45, 7) is 2.15. The van der Waals surface area contributed by atoms with Gasteiger partial charge in [-0.25, -0.2) is 0 Å². The number of aromatic nitrogens is 2. The predicted octanol–water partition coefficient (Wildman–Crippen LogP) is 3.08. The molecule has 1 atom stereocenters. The molecule has 1 amide bonds. The van der Waals surface area contributed by atoms with E-state index >= 15 is 0 Å². The molecule has 0 saturated carbocycles. The zero-order chi connectivity index (χ0) is 19.8. The van der Waals surface area contributed by atoms with Gasteiger partial charge >= 0.3 is 18.0 Å². The second-order valence-corrected chi connectivity index (χ2v) is 6.69. The maximum Gasteiger partial charge on any atom is 0.471 e. The number of carbonyl (C=O) groups is 2. The van der Waals surface area contributed by atoms with Crippen LogP contribution >= 0.6 is 0 Å². The monoisotopic (exact) mass is 383 g/mol. The van der Waals surface area contributed by atoms with E-state index in [1.54, 1.807) is 6.92 Å². The highest BCUT2D eigenvalue weighted by Crippen LogP contribution is 2.31. The first-order chi connectivity index (χ1) is 12.6. The minimum absolute atomic E-state index is 0.0999. The summed E-state index contributed by atoms with van der Waals surface area (Å²) >= 11 is 0. The molecule has 1 aromatic heterocycles. The van der Waals surface area contributed by atoms with Crippen molar-refractivity contribution in [3.8, 4) is 11.4 Å². The molecular weight excluding hydrogens is 367 g/mol. The van der Waals surface area contributed by atoms with Crippen molar-refractivity contribution in [3.05, 3.63) is 35.7 Å². The first kappa shape index (κ1) is 18.9.